The summed E-state index contributed by atoms with van der Waals surface area (Å²) >= 11 is 11.7. The molecule has 27 heavy (non-hydrogen) atoms. The molecule has 3 rings (SSSR count). The van der Waals surface area contributed by atoms with Gasteiger partial charge in [-0.05, 0) is 25.1 Å². The van der Waals surface area contributed by atoms with Crippen LogP contribution in [0.2, 0.25) is 10.0 Å². The Morgan fingerprint density at radius 2 is 2.00 bits per heavy atom. The molecule has 0 N–H and O–H groups in total. The fourth-order valence-corrected chi connectivity index (χ4v) is 2.86. The van der Waals surface area contributed by atoms with E-state index in [1.807, 2.05) is 0 Å². The second kappa shape index (κ2) is 7.40. The number of hydrogen-bond donors (Lipinski definition) is 0. The number of aromatic nitrogens is 4. The van der Waals surface area contributed by atoms with E-state index in [2.05, 4.69) is 15.2 Å². The van der Waals surface area contributed by atoms with E-state index in [9.17, 15) is 13.2 Å². The topological polar surface area (TPSA) is 66.0 Å². The summed E-state index contributed by atoms with van der Waals surface area (Å²) in [5.74, 6) is 0.999. The lowest BCUT2D eigenvalue weighted by Gasteiger charge is -2.04. The molecule has 3 aromatic rings. The summed E-state index contributed by atoms with van der Waals surface area (Å²) in [4.78, 5) is 4.24. The smallest absolute Gasteiger partial charge is 0.436 e. The lowest BCUT2D eigenvalue weighted by atomic mass is 10.2. The number of methoxy groups -OCH3 is 1. The van der Waals surface area contributed by atoms with Gasteiger partial charge in [0, 0.05) is 11.4 Å². The lowest BCUT2D eigenvalue weighted by molar-refractivity contribution is -0.141. The lowest BCUT2D eigenvalue weighted by Crippen LogP contribution is -2.10. The van der Waals surface area contributed by atoms with Crippen LogP contribution in [0.5, 0.6) is 5.75 Å². The van der Waals surface area contributed by atoms with E-state index < -0.39 is 16.9 Å². The van der Waals surface area contributed by atoms with Crippen LogP contribution in [0.4, 0.5) is 13.2 Å². The molecular formula is C16H13Cl2F3N4O2. The van der Waals surface area contributed by atoms with E-state index in [0.29, 0.717) is 16.3 Å². The molecule has 0 saturated heterocycles. The van der Waals surface area contributed by atoms with Crippen molar-refractivity contribution in [2.75, 3.05) is 7.11 Å². The van der Waals surface area contributed by atoms with Crippen molar-refractivity contribution in [2.24, 2.45) is 0 Å². The molecule has 0 spiro atoms. The number of ether oxygens (including phenoxy) is 1. The van der Waals surface area contributed by atoms with Gasteiger partial charge in [-0.2, -0.15) is 23.3 Å². The minimum absolute atomic E-state index is 0.0932. The number of nitrogens with zero attached hydrogens (tertiary/aromatic N) is 4. The Labute approximate surface area is 161 Å². The maximum absolute atomic E-state index is 12.9. The highest BCUT2D eigenvalue weighted by Gasteiger charge is 2.38. The molecule has 0 aliphatic rings. The molecule has 0 bridgehead atoms. The van der Waals surface area contributed by atoms with Crippen LogP contribution in [0.1, 0.15) is 17.3 Å². The average Bonchev–Trinajstić information content (AvgIpc) is 3.19. The summed E-state index contributed by atoms with van der Waals surface area (Å²) in [5.41, 5.74) is -0.366. The third kappa shape index (κ3) is 4.03. The van der Waals surface area contributed by atoms with E-state index in [-0.39, 0.29) is 30.4 Å². The van der Waals surface area contributed by atoms with Crippen LogP contribution in [0.15, 0.2) is 22.7 Å². The average molecular weight is 421 g/mol. The fourth-order valence-electron chi connectivity index (χ4n) is 2.45. The highest BCUT2D eigenvalue weighted by atomic mass is 35.5. The van der Waals surface area contributed by atoms with Gasteiger partial charge in [-0.3, -0.25) is 4.68 Å². The number of benzene rings is 1. The van der Waals surface area contributed by atoms with Crippen molar-refractivity contribution in [1.82, 2.24) is 19.9 Å². The van der Waals surface area contributed by atoms with Gasteiger partial charge < -0.3 is 9.26 Å². The fraction of sp³-hybridized carbons (Fsp3) is 0.312. The Kier molecular flexibility index (Phi) is 5.34. The van der Waals surface area contributed by atoms with E-state index in [4.69, 9.17) is 32.5 Å². The zero-order valence-electron chi connectivity index (χ0n) is 14.1. The van der Waals surface area contributed by atoms with Crippen molar-refractivity contribution in [3.05, 3.63) is 45.5 Å². The summed E-state index contributed by atoms with van der Waals surface area (Å²) in [6.07, 6.45) is -4.44. The zero-order chi connectivity index (χ0) is 19.8. The molecule has 0 aliphatic heterocycles. The second-order valence-corrected chi connectivity index (χ2v) is 6.39. The molecule has 11 heteroatoms. The van der Waals surface area contributed by atoms with E-state index in [1.165, 1.54) is 14.0 Å². The van der Waals surface area contributed by atoms with Crippen LogP contribution < -0.4 is 4.74 Å². The standard InChI is InChI=1S/C16H13Cl2F3N4O2/c1-8-13(18)14(16(19,20)21)23-25(8)6-5-12-22-15(24-27-12)10-7-9(17)3-4-11(10)26-2/h3-4,7H,5-6H2,1-2H3. The predicted octanol–water partition coefficient (Wildman–Crippen LogP) is 4.82. The molecule has 0 radical (unpaired) electrons. The Balaban J connectivity index is 1.79. The van der Waals surface area contributed by atoms with Gasteiger partial charge in [0.2, 0.25) is 11.7 Å². The molecule has 6 nitrogen and oxygen atoms in total. The van der Waals surface area contributed by atoms with E-state index >= 15 is 0 Å². The zero-order valence-corrected chi connectivity index (χ0v) is 15.7. The summed E-state index contributed by atoms with van der Waals surface area (Å²) < 4.78 is 50.2. The summed E-state index contributed by atoms with van der Waals surface area (Å²) in [5, 5.41) is 7.46. The van der Waals surface area contributed by atoms with Crippen LogP contribution in [0.3, 0.4) is 0 Å². The summed E-state index contributed by atoms with van der Waals surface area (Å²) in [7, 11) is 1.50. The molecule has 1 aromatic carbocycles. The van der Waals surface area contributed by atoms with Crippen LogP contribution in [0.25, 0.3) is 11.4 Å². The van der Waals surface area contributed by atoms with Crippen molar-refractivity contribution >= 4 is 23.2 Å². The number of hydrogen-bond acceptors (Lipinski definition) is 5. The molecule has 0 amide bonds. The summed E-state index contributed by atoms with van der Waals surface area (Å²) in [6.45, 7) is 1.55. The maximum Gasteiger partial charge on any atom is 0.436 e. The largest absolute Gasteiger partial charge is 0.496 e. The molecule has 0 saturated carbocycles. The third-order valence-electron chi connectivity index (χ3n) is 3.81. The van der Waals surface area contributed by atoms with Gasteiger partial charge >= 0.3 is 6.18 Å². The van der Waals surface area contributed by atoms with E-state index in [1.54, 1.807) is 18.2 Å². The first-order chi connectivity index (χ1) is 12.7. The number of alkyl halides is 3. The van der Waals surface area contributed by atoms with Crippen LogP contribution in [-0.4, -0.2) is 27.0 Å². The van der Waals surface area contributed by atoms with Gasteiger partial charge in [0.25, 0.3) is 0 Å². The minimum Gasteiger partial charge on any atom is -0.496 e. The third-order valence-corrected chi connectivity index (χ3v) is 4.50. The Morgan fingerprint density at radius 3 is 2.63 bits per heavy atom. The Hall–Kier alpha value is -2.26. The first-order valence-corrected chi connectivity index (χ1v) is 8.43. The summed E-state index contributed by atoms with van der Waals surface area (Å²) in [6, 6.07) is 4.96. The predicted molar refractivity (Wildman–Crippen MR) is 92.0 cm³/mol. The molecule has 0 aliphatic carbocycles. The van der Waals surface area contributed by atoms with Crippen LogP contribution >= 0.6 is 23.2 Å². The first kappa shape index (κ1) is 19.5. The number of rotatable bonds is 5. The van der Waals surface area contributed by atoms with Gasteiger partial charge in [0.15, 0.2) is 5.69 Å². The monoisotopic (exact) mass is 420 g/mol. The minimum atomic E-state index is -4.62. The first-order valence-electron chi connectivity index (χ1n) is 7.67. The van der Waals surface area contributed by atoms with Crippen molar-refractivity contribution in [3.63, 3.8) is 0 Å². The van der Waals surface area contributed by atoms with Crippen LogP contribution in [-0.2, 0) is 19.1 Å². The van der Waals surface area contributed by atoms with Crippen molar-refractivity contribution < 1.29 is 22.4 Å². The van der Waals surface area contributed by atoms with Crippen molar-refractivity contribution in [1.29, 1.82) is 0 Å². The number of halogens is 5. The molecule has 144 valence electrons. The van der Waals surface area contributed by atoms with Gasteiger partial charge in [0.05, 0.1) is 29.9 Å². The van der Waals surface area contributed by atoms with Gasteiger partial charge in [-0.15, -0.1) is 0 Å². The van der Waals surface area contributed by atoms with Gasteiger partial charge in [-0.25, -0.2) is 0 Å². The van der Waals surface area contributed by atoms with Gasteiger partial charge in [0.1, 0.15) is 5.75 Å². The van der Waals surface area contributed by atoms with Crippen molar-refractivity contribution in [2.45, 2.75) is 26.1 Å². The highest BCUT2D eigenvalue weighted by Crippen LogP contribution is 2.35. The molecule has 0 atom stereocenters. The highest BCUT2D eigenvalue weighted by molar-refractivity contribution is 6.32. The normalized spacial score (nSPS) is 11.8. The molecule has 2 aromatic heterocycles. The van der Waals surface area contributed by atoms with E-state index in [0.717, 1.165) is 4.68 Å². The Bertz CT molecular complexity index is 969. The molecular weight excluding hydrogens is 408 g/mol. The second-order valence-electron chi connectivity index (χ2n) is 5.58. The SMILES string of the molecule is COc1ccc(Cl)cc1-c1noc(CCn2nc(C(F)(F)F)c(Cl)c2C)n1. The van der Waals surface area contributed by atoms with Gasteiger partial charge in [-0.1, -0.05) is 28.4 Å². The quantitative estimate of drug-likeness (QED) is 0.591. The maximum atomic E-state index is 12.9. The molecule has 2 heterocycles. The molecule has 0 fully saturated rings. The Morgan fingerprint density at radius 1 is 1.26 bits per heavy atom. The number of aryl methyl sites for hydroxylation is 2. The molecule has 0 unspecified atom stereocenters. The van der Waals surface area contributed by atoms with Crippen molar-refractivity contribution in [3.8, 4) is 17.1 Å². The van der Waals surface area contributed by atoms with Crippen LogP contribution in [0, 0.1) is 6.92 Å².